The summed E-state index contributed by atoms with van der Waals surface area (Å²) in [5.41, 5.74) is 1.99. The quantitative estimate of drug-likeness (QED) is 0.368. The fourth-order valence-corrected chi connectivity index (χ4v) is 1.67. The van der Waals surface area contributed by atoms with E-state index in [0.29, 0.717) is 5.75 Å². The Labute approximate surface area is 118 Å². The molecule has 0 radical (unpaired) electrons. The number of esters is 1. The van der Waals surface area contributed by atoms with E-state index in [-0.39, 0.29) is 5.76 Å². The molecule has 0 bridgehead atoms. The Balaban J connectivity index is 2.13. The first kappa shape index (κ1) is 13.9. The molecule has 0 atom stereocenters. The lowest BCUT2D eigenvalue weighted by atomic mass is 10.2. The predicted molar refractivity (Wildman–Crippen MR) is 78.2 cm³/mol. The average molecular weight is 268 g/mol. The maximum Gasteiger partial charge on any atom is 0.378 e. The van der Waals surface area contributed by atoms with Crippen molar-refractivity contribution in [2.75, 3.05) is 7.11 Å². The maximum atomic E-state index is 12.0. The summed E-state index contributed by atoms with van der Waals surface area (Å²) in [6.45, 7) is 1.97. The summed E-state index contributed by atoms with van der Waals surface area (Å²) in [5, 5.41) is 0. The van der Waals surface area contributed by atoms with Crippen LogP contribution in [0.5, 0.6) is 5.75 Å². The molecule has 2 aromatic carbocycles. The van der Waals surface area contributed by atoms with Crippen LogP contribution in [0, 0.1) is 6.92 Å². The van der Waals surface area contributed by atoms with Gasteiger partial charge in [0.15, 0.2) is 0 Å². The van der Waals surface area contributed by atoms with Gasteiger partial charge in [-0.15, -0.1) is 0 Å². The SMILES string of the molecule is COC(=Cc1ccccc1)C(=O)Oc1ccc(C)cc1. The largest absolute Gasteiger partial charge is 0.490 e. The number of methoxy groups -OCH3 is 1. The molecule has 0 fully saturated rings. The summed E-state index contributed by atoms with van der Waals surface area (Å²) in [5.74, 6) is 0.147. The second kappa shape index (κ2) is 6.57. The first-order valence-electron chi connectivity index (χ1n) is 6.28. The van der Waals surface area contributed by atoms with Gasteiger partial charge in [0.2, 0.25) is 5.76 Å². The van der Waals surface area contributed by atoms with Gasteiger partial charge in [-0.3, -0.25) is 0 Å². The molecule has 0 spiro atoms. The lowest BCUT2D eigenvalue weighted by molar-refractivity contribution is -0.133. The van der Waals surface area contributed by atoms with Crippen LogP contribution in [0.25, 0.3) is 6.08 Å². The number of rotatable bonds is 4. The maximum absolute atomic E-state index is 12.0. The van der Waals surface area contributed by atoms with Crippen LogP contribution in [0.1, 0.15) is 11.1 Å². The predicted octanol–water partition coefficient (Wildman–Crippen LogP) is 3.59. The van der Waals surface area contributed by atoms with E-state index in [1.54, 1.807) is 18.2 Å². The van der Waals surface area contributed by atoms with E-state index in [2.05, 4.69) is 0 Å². The third-order valence-electron chi connectivity index (χ3n) is 2.75. The zero-order valence-electron chi connectivity index (χ0n) is 11.5. The Morgan fingerprint density at radius 2 is 1.65 bits per heavy atom. The van der Waals surface area contributed by atoms with Gasteiger partial charge in [0.1, 0.15) is 5.75 Å². The molecular weight excluding hydrogens is 252 g/mol. The molecule has 3 heteroatoms. The highest BCUT2D eigenvalue weighted by Gasteiger charge is 2.12. The Hall–Kier alpha value is -2.55. The standard InChI is InChI=1S/C17H16O3/c1-13-8-10-15(11-9-13)20-17(18)16(19-2)12-14-6-4-3-5-7-14/h3-12H,1-2H3. The molecule has 0 saturated heterocycles. The van der Waals surface area contributed by atoms with Crippen LogP contribution in [-0.2, 0) is 9.53 Å². The summed E-state index contributed by atoms with van der Waals surface area (Å²) in [7, 11) is 1.45. The van der Waals surface area contributed by atoms with Gasteiger partial charge < -0.3 is 9.47 Å². The van der Waals surface area contributed by atoms with E-state index < -0.39 is 5.97 Å². The summed E-state index contributed by atoms with van der Waals surface area (Å²) in [6.07, 6.45) is 1.65. The van der Waals surface area contributed by atoms with Gasteiger partial charge >= 0.3 is 5.97 Å². The molecule has 3 nitrogen and oxygen atoms in total. The number of carbonyl (C=O) groups is 1. The van der Waals surface area contributed by atoms with Crippen molar-refractivity contribution >= 4 is 12.0 Å². The van der Waals surface area contributed by atoms with E-state index in [9.17, 15) is 4.79 Å². The fourth-order valence-electron chi connectivity index (χ4n) is 1.67. The minimum absolute atomic E-state index is 0.164. The molecule has 0 heterocycles. The van der Waals surface area contributed by atoms with Crippen molar-refractivity contribution < 1.29 is 14.3 Å². The molecule has 0 aliphatic carbocycles. The molecule has 20 heavy (non-hydrogen) atoms. The zero-order valence-corrected chi connectivity index (χ0v) is 11.5. The molecule has 102 valence electrons. The van der Waals surface area contributed by atoms with Crippen LogP contribution in [0.2, 0.25) is 0 Å². The first-order chi connectivity index (χ1) is 9.69. The highest BCUT2D eigenvalue weighted by Crippen LogP contribution is 2.15. The van der Waals surface area contributed by atoms with Gasteiger partial charge in [0.05, 0.1) is 7.11 Å². The molecule has 2 aromatic rings. The van der Waals surface area contributed by atoms with Crippen LogP contribution < -0.4 is 4.74 Å². The molecular formula is C17H16O3. The number of hydrogen-bond donors (Lipinski definition) is 0. The van der Waals surface area contributed by atoms with Gasteiger partial charge in [-0.2, -0.15) is 0 Å². The highest BCUT2D eigenvalue weighted by atomic mass is 16.6. The van der Waals surface area contributed by atoms with Crippen molar-refractivity contribution in [2.45, 2.75) is 6.92 Å². The summed E-state index contributed by atoms with van der Waals surface area (Å²) >= 11 is 0. The molecule has 2 rings (SSSR count). The van der Waals surface area contributed by atoms with Crippen LogP contribution >= 0.6 is 0 Å². The molecule has 0 unspecified atom stereocenters. The third kappa shape index (κ3) is 3.72. The minimum Gasteiger partial charge on any atom is -0.490 e. The summed E-state index contributed by atoms with van der Waals surface area (Å²) < 4.78 is 10.4. The fraction of sp³-hybridized carbons (Fsp3) is 0.118. The van der Waals surface area contributed by atoms with E-state index in [1.807, 2.05) is 49.4 Å². The van der Waals surface area contributed by atoms with Crippen LogP contribution in [0.4, 0.5) is 0 Å². The van der Waals surface area contributed by atoms with Crippen molar-refractivity contribution in [3.8, 4) is 5.75 Å². The van der Waals surface area contributed by atoms with Gasteiger partial charge in [-0.25, -0.2) is 4.79 Å². The molecule has 0 aromatic heterocycles. The Morgan fingerprint density at radius 3 is 2.25 bits per heavy atom. The first-order valence-corrected chi connectivity index (χ1v) is 6.28. The van der Waals surface area contributed by atoms with Crippen LogP contribution in [0.15, 0.2) is 60.4 Å². The molecule has 0 aliphatic heterocycles. The van der Waals surface area contributed by atoms with Crippen molar-refractivity contribution in [1.82, 2.24) is 0 Å². The zero-order chi connectivity index (χ0) is 14.4. The number of carbonyl (C=O) groups excluding carboxylic acids is 1. The summed E-state index contributed by atoms with van der Waals surface area (Å²) in [4.78, 5) is 12.0. The Morgan fingerprint density at radius 1 is 1.00 bits per heavy atom. The third-order valence-corrected chi connectivity index (χ3v) is 2.75. The summed E-state index contributed by atoms with van der Waals surface area (Å²) in [6, 6.07) is 16.7. The minimum atomic E-state index is -0.514. The number of aryl methyl sites for hydroxylation is 1. The number of hydrogen-bond acceptors (Lipinski definition) is 3. The van der Waals surface area contributed by atoms with E-state index in [4.69, 9.17) is 9.47 Å². The van der Waals surface area contributed by atoms with E-state index >= 15 is 0 Å². The van der Waals surface area contributed by atoms with E-state index in [0.717, 1.165) is 11.1 Å². The Kier molecular flexibility index (Phi) is 4.56. The average Bonchev–Trinajstić information content (AvgIpc) is 2.48. The highest BCUT2D eigenvalue weighted by molar-refractivity contribution is 5.92. The van der Waals surface area contributed by atoms with E-state index in [1.165, 1.54) is 7.11 Å². The van der Waals surface area contributed by atoms with Gasteiger partial charge in [0.25, 0.3) is 0 Å². The second-order valence-electron chi connectivity index (χ2n) is 4.33. The molecule has 0 amide bonds. The number of ether oxygens (including phenoxy) is 2. The molecule has 0 N–H and O–H groups in total. The molecule has 0 saturated carbocycles. The normalized spacial score (nSPS) is 11.0. The second-order valence-corrected chi connectivity index (χ2v) is 4.33. The van der Waals surface area contributed by atoms with Crippen molar-refractivity contribution in [1.29, 1.82) is 0 Å². The van der Waals surface area contributed by atoms with Gasteiger partial charge in [0, 0.05) is 0 Å². The Bertz CT molecular complexity index is 598. The lowest BCUT2D eigenvalue weighted by Crippen LogP contribution is -2.12. The number of benzene rings is 2. The van der Waals surface area contributed by atoms with Crippen molar-refractivity contribution in [2.24, 2.45) is 0 Å². The van der Waals surface area contributed by atoms with Crippen molar-refractivity contribution in [3.05, 3.63) is 71.5 Å². The van der Waals surface area contributed by atoms with Crippen molar-refractivity contribution in [3.63, 3.8) is 0 Å². The monoisotopic (exact) mass is 268 g/mol. The smallest absolute Gasteiger partial charge is 0.378 e. The lowest BCUT2D eigenvalue weighted by Gasteiger charge is -2.07. The van der Waals surface area contributed by atoms with Crippen LogP contribution in [-0.4, -0.2) is 13.1 Å². The van der Waals surface area contributed by atoms with Gasteiger partial charge in [-0.1, -0.05) is 48.0 Å². The topological polar surface area (TPSA) is 35.5 Å². The molecule has 0 aliphatic rings. The van der Waals surface area contributed by atoms with Gasteiger partial charge in [-0.05, 0) is 30.7 Å². The van der Waals surface area contributed by atoms with Crippen LogP contribution in [0.3, 0.4) is 0 Å².